The maximum atomic E-state index is 5.77. The van der Waals surface area contributed by atoms with Gasteiger partial charge < -0.3 is 9.47 Å². The number of allylic oxidation sites excluding steroid dienone is 1. The van der Waals surface area contributed by atoms with Gasteiger partial charge in [0.05, 0.1) is 8.80 Å². The molecule has 1 saturated heterocycles. The maximum absolute atomic E-state index is 5.77. The van der Waals surface area contributed by atoms with E-state index in [9.17, 15) is 0 Å². The zero-order valence-corrected chi connectivity index (χ0v) is 16.7. The van der Waals surface area contributed by atoms with Gasteiger partial charge in [-0.05, 0) is 38.5 Å². The van der Waals surface area contributed by atoms with Crippen LogP contribution in [0.1, 0.15) is 84.5 Å². The Bertz CT molecular complexity index is 269. The van der Waals surface area contributed by atoms with Gasteiger partial charge in [0.1, 0.15) is 0 Å². The molecule has 23 heavy (non-hydrogen) atoms. The molecule has 0 aromatic heterocycles. The van der Waals surface area contributed by atoms with E-state index in [1.807, 2.05) is 0 Å². The summed E-state index contributed by atoms with van der Waals surface area (Å²) in [5.41, 5.74) is 2.58. The first-order chi connectivity index (χ1) is 11.4. The lowest BCUT2D eigenvalue weighted by Crippen LogP contribution is -2.22. The van der Waals surface area contributed by atoms with Crippen LogP contribution in [0.15, 0.2) is 11.8 Å². The monoisotopic (exact) mass is 339 g/mol. The highest BCUT2D eigenvalue weighted by Crippen LogP contribution is 2.15. The minimum absolute atomic E-state index is 0.0936. The van der Waals surface area contributed by atoms with Gasteiger partial charge in [0, 0.05) is 13.2 Å². The molecule has 0 N–H and O–H groups in total. The molecule has 1 fully saturated rings. The van der Waals surface area contributed by atoms with Crippen molar-refractivity contribution in [2.24, 2.45) is 0 Å². The van der Waals surface area contributed by atoms with Crippen LogP contribution in [0.3, 0.4) is 0 Å². The summed E-state index contributed by atoms with van der Waals surface area (Å²) in [5, 5.41) is 0. The van der Waals surface area contributed by atoms with Crippen LogP contribution < -0.4 is 0 Å². The third-order valence-electron chi connectivity index (χ3n) is 4.45. The summed E-state index contributed by atoms with van der Waals surface area (Å²) in [6.07, 6.45) is 16.7. The van der Waals surface area contributed by atoms with Gasteiger partial charge in [-0.1, -0.05) is 64.1 Å². The Morgan fingerprint density at radius 1 is 1.00 bits per heavy atom. The van der Waals surface area contributed by atoms with Crippen molar-refractivity contribution in [2.75, 3.05) is 13.2 Å². The molecule has 1 heterocycles. The van der Waals surface area contributed by atoms with Gasteiger partial charge in [-0.3, -0.25) is 0 Å². The molecular formula is C20H39O2Si. The van der Waals surface area contributed by atoms with Crippen LogP contribution in [0.5, 0.6) is 0 Å². The molecule has 1 unspecified atom stereocenters. The second-order valence-corrected chi connectivity index (χ2v) is 9.43. The third kappa shape index (κ3) is 12.0. The number of hydrogen-bond donors (Lipinski definition) is 0. The summed E-state index contributed by atoms with van der Waals surface area (Å²) in [5.74, 6) is 0. The van der Waals surface area contributed by atoms with Gasteiger partial charge in [0.2, 0.25) is 0 Å². The summed E-state index contributed by atoms with van der Waals surface area (Å²) in [4.78, 5) is 0. The molecule has 0 amide bonds. The zero-order valence-electron chi connectivity index (χ0n) is 15.7. The summed E-state index contributed by atoms with van der Waals surface area (Å²) >= 11 is 0. The van der Waals surface area contributed by atoms with Crippen molar-refractivity contribution >= 4 is 8.80 Å². The van der Waals surface area contributed by atoms with Gasteiger partial charge >= 0.3 is 0 Å². The highest BCUT2D eigenvalue weighted by Gasteiger charge is 2.13. The molecule has 1 aliphatic heterocycles. The third-order valence-corrected chi connectivity index (χ3v) is 7.44. The summed E-state index contributed by atoms with van der Waals surface area (Å²) < 4.78 is 11.3. The molecule has 135 valence electrons. The summed E-state index contributed by atoms with van der Waals surface area (Å²) in [7, 11) is -0.170. The zero-order chi connectivity index (χ0) is 16.6. The summed E-state index contributed by atoms with van der Waals surface area (Å²) in [6, 6.07) is 2.92. The van der Waals surface area contributed by atoms with Crippen molar-refractivity contribution in [3.05, 3.63) is 11.8 Å². The molecular weight excluding hydrogens is 300 g/mol. The lowest BCUT2D eigenvalue weighted by Gasteiger charge is -2.22. The van der Waals surface area contributed by atoms with E-state index in [-0.39, 0.29) is 15.1 Å². The number of hydrogen-bond acceptors (Lipinski definition) is 2. The molecule has 0 aliphatic carbocycles. The highest BCUT2D eigenvalue weighted by molar-refractivity contribution is 6.64. The fourth-order valence-corrected chi connectivity index (χ4v) is 5.50. The van der Waals surface area contributed by atoms with Gasteiger partial charge in [-0.15, -0.1) is 5.70 Å². The van der Waals surface area contributed by atoms with Crippen LogP contribution in [-0.2, 0) is 9.47 Å². The first-order valence-corrected chi connectivity index (χ1v) is 12.1. The van der Waals surface area contributed by atoms with Gasteiger partial charge in [0.25, 0.3) is 0 Å². The molecule has 0 aromatic carbocycles. The Morgan fingerprint density at radius 3 is 2.43 bits per heavy atom. The van der Waals surface area contributed by atoms with Crippen molar-refractivity contribution in [2.45, 2.75) is 103 Å². The Kier molecular flexibility index (Phi) is 14.0. The second kappa shape index (κ2) is 15.4. The largest absolute Gasteiger partial charge is 0.353 e. The smallest absolute Gasteiger partial charge is 0.157 e. The Labute approximate surface area is 146 Å². The van der Waals surface area contributed by atoms with E-state index in [2.05, 4.69) is 25.6 Å². The average molecular weight is 340 g/mol. The van der Waals surface area contributed by atoms with Crippen LogP contribution in [-0.4, -0.2) is 28.3 Å². The molecule has 1 rings (SSSR count). The maximum Gasteiger partial charge on any atom is 0.157 e. The Hall–Kier alpha value is -0.123. The van der Waals surface area contributed by atoms with E-state index in [1.165, 1.54) is 76.3 Å². The van der Waals surface area contributed by atoms with Crippen molar-refractivity contribution in [1.82, 2.24) is 0 Å². The molecule has 1 radical (unpaired) electrons. The first kappa shape index (κ1) is 20.9. The summed E-state index contributed by atoms with van der Waals surface area (Å²) in [6.45, 7) is 6.40. The van der Waals surface area contributed by atoms with Crippen LogP contribution >= 0.6 is 0 Å². The van der Waals surface area contributed by atoms with E-state index >= 15 is 0 Å². The molecule has 0 saturated carbocycles. The predicted molar refractivity (Wildman–Crippen MR) is 102 cm³/mol. The number of rotatable bonds is 14. The van der Waals surface area contributed by atoms with Crippen LogP contribution in [0, 0.1) is 0 Å². The van der Waals surface area contributed by atoms with E-state index in [0.717, 1.165) is 19.6 Å². The van der Waals surface area contributed by atoms with Crippen LogP contribution in [0.2, 0.25) is 12.1 Å². The lowest BCUT2D eigenvalue weighted by molar-refractivity contribution is -0.162. The van der Waals surface area contributed by atoms with Crippen molar-refractivity contribution < 1.29 is 9.47 Å². The fraction of sp³-hybridized carbons (Fsp3) is 0.900. The van der Waals surface area contributed by atoms with Crippen molar-refractivity contribution in [3.63, 3.8) is 0 Å². The normalized spacial score (nSPS) is 19.0. The van der Waals surface area contributed by atoms with E-state index in [0.29, 0.717) is 0 Å². The Balaban J connectivity index is 1.86. The fourth-order valence-electron chi connectivity index (χ4n) is 3.14. The molecule has 0 bridgehead atoms. The van der Waals surface area contributed by atoms with E-state index in [1.54, 1.807) is 0 Å². The van der Waals surface area contributed by atoms with Crippen molar-refractivity contribution in [3.8, 4) is 0 Å². The average Bonchev–Trinajstić information content (AvgIpc) is 2.58. The Morgan fingerprint density at radius 2 is 1.74 bits per heavy atom. The second-order valence-electron chi connectivity index (χ2n) is 6.78. The van der Waals surface area contributed by atoms with Crippen molar-refractivity contribution in [1.29, 1.82) is 0 Å². The van der Waals surface area contributed by atoms with E-state index in [4.69, 9.17) is 9.47 Å². The molecule has 0 aromatic rings. The first-order valence-electron chi connectivity index (χ1n) is 10.1. The molecule has 3 heteroatoms. The van der Waals surface area contributed by atoms with Crippen LogP contribution in [0.4, 0.5) is 0 Å². The SMILES string of the molecule is CCC[Si](/C=C/CCCCCCCOC1CCCCO1)CCC. The lowest BCUT2D eigenvalue weighted by atomic mass is 10.1. The van der Waals surface area contributed by atoms with Gasteiger partial charge in [-0.25, -0.2) is 0 Å². The quantitative estimate of drug-likeness (QED) is 0.274. The molecule has 1 aliphatic rings. The van der Waals surface area contributed by atoms with Gasteiger partial charge in [-0.2, -0.15) is 0 Å². The van der Waals surface area contributed by atoms with Gasteiger partial charge in [0.15, 0.2) is 6.29 Å². The minimum atomic E-state index is -0.170. The molecule has 2 nitrogen and oxygen atoms in total. The predicted octanol–water partition coefficient (Wildman–Crippen LogP) is 6.28. The molecule has 1 atom stereocenters. The number of unbranched alkanes of at least 4 members (excludes halogenated alkanes) is 5. The van der Waals surface area contributed by atoms with Crippen LogP contribution in [0.25, 0.3) is 0 Å². The highest BCUT2D eigenvalue weighted by atomic mass is 28.3. The minimum Gasteiger partial charge on any atom is -0.353 e. The standard InChI is InChI=1S/C20H39O2Si/c1-3-17-23(18-4-2)19-13-9-7-5-6-8-11-15-21-20-14-10-12-16-22-20/h13,19-20H,3-12,14-18H2,1-2H3/b19-13+. The molecule has 0 spiro atoms. The number of ether oxygens (including phenoxy) is 2. The van der Waals surface area contributed by atoms with E-state index < -0.39 is 0 Å². The topological polar surface area (TPSA) is 18.5 Å².